The first-order chi connectivity index (χ1) is 12.7. The van der Waals surface area contributed by atoms with Gasteiger partial charge in [-0.3, -0.25) is 0 Å². The molecular formula is C21H26N2O3. The number of hydrogen-bond donors (Lipinski definition) is 1. The van der Waals surface area contributed by atoms with E-state index in [9.17, 15) is 4.79 Å². The second-order valence-electron chi connectivity index (χ2n) is 6.49. The summed E-state index contributed by atoms with van der Waals surface area (Å²) in [6.07, 6.45) is 3.17. The SMILES string of the molecule is COC1CCCN(C(=O)NCc2ccc(Oc3ccccc3)cc2)CC1. The summed E-state index contributed by atoms with van der Waals surface area (Å²) in [4.78, 5) is 14.3. The van der Waals surface area contributed by atoms with Gasteiger partial charge in [-0.25, -0.2) is 4.79 Å². The van der Waals surface area contributed by atoms with Gasteiger partial charge in [-0.1, -0.05) is 30.3 Å². The van der Waals surface area contributed by atoms with Crippen molar-refractivity contribution in [1.29, 1.82) is 0 Å². The number of nitrogens with one attached hydrogen (secondary N) is 1. The van der Waals surface area contributed by atoms with E-state index in [0.717, 1.165) is 49.4 Å². The molecule has 1 fully saturated rings. The van der Waals surface area contributed by atoms with Crippen LogP contribution in [0.5, 0.6) is 11.5 Å². The number of methoxy groups -OCH3 is 1. The van der Waals surface area contributed by atoms with Crippen molar-refractivity contribution >= 4 is 6.03 Å². The van der Waals surface area contributed by atoms with Gasteiger partial charge < -0.3 is 19.7 Å². The predicted octanol–water partition coefficient (Wildman–Crippen LogP) is 4.19. The van der Waals surface area contributed by atoms with Crippen molar-refractivity contribution in [1.82, 2.24) is 10.2 Å². The van der Waals surface area contributed by atoms with Crippen LogP contribution in [0.1, 0.15) is 24.8 Å². The largest absolute Gasteiger partial charge is 0.457 e. The van der Waals surface area contributed by atoms with Crippen molar-refractivity contribution < 1.29 is 14.3 Å². The van der Waals surface area contributed by atoms with Gasteiger partial charge in [-0.15, -0.1) is 0 Å². The van der Waals surface area contributed by atoms with Gasteiger partial charge in [0.25, 0.3) is 0 Å². The molecule has 2 aromatic rings. The van der Waals surface area contributed by atoms with Crippen LogP contribution >= 0.6 is 0 Å². The third-order valence-corrected chi connectivity index (χ3v) is 4.64. The summed E-state index contributed by atoms with van der Waals surface area (Å²) < 4.78 is 11.2. The zero-order valence-electron chi connectivity index (χ0n) is 15.2. The first-order valence-corrected chi connectivity index (χ1v) is 9.12. The third-order valence-electron chi connectivity index (χ3n) is 4.64. The molecule has 138 valence electrons. The highest BCUT2D eigenvalue weighted by Crippen LogP contribution is 2.21. The molecule has 26 heavy (non-hydrogen) atoms. The van der Waals surface area contributed by atoms with E-state index in [4.69, 9.17) is 9.47 Å². The lowest BCUT2D eigenvalue weighted by atomic mass is 10.2. The van der Waals surface area contributed by atoms with Crippen LogP contribution in [0.15, 0.2) is 54.6 Å². The van der Waals surface area contributed by atoms with E-state index >= 15 is 0 Å². The quantitative estimate of drug-likeness (QED) is 0.876. The molecule has 5 heteroatoms. The number of nitrogens with zero attached hydrogens (tertiary/aromatic N) is 1. The van der Waals surface area contributed by atoms with Crippen molar-refractivity contribution in [2.45, 2.75) is 31.9 Å². The van der Waals surface area contributed by atoms with Gasteiger partial charge >= 0.3 is 6.03 Å². The minimum Gasteiger partial charge on any atom is -0.457 e. The Morgan fingerprint density at radius 2 is 1.77 bits per heavy atom. The number of rotatable bonds is 5. The average Bonchev–Trinajstić information content (AvgIpc) is 2.94. The minimum absolute atomic E-state index is 0.00800. The lowest BCUT2D eigenvalue weighted by Crippen LogP contribution is -2.40. The van der Waals surface area contributed by atoms with Gasteiger partial charge in [-0.05, 0) is 49.1 Å². The fraction of sp³-hybridized carbons (Fsp3) is 0.381. The number of amides is 2. The van der Waals surface area contributed by atoms with Gasteiger partial charge in [0.15, 0.2) is 0 Å². The van der Waals surface area contributed by atoms with Crippen LogP contribution in [0.25, 0.3) is 0 Å². The van der Waals surface area contributed by atoms with Crippen LogP contribution in [-0.4, -0.2) is 37.2 Å². The molecule has 0 saturated carbocycles. The molecule has 0 spiro atoms. The van der Waals surface area contributed by atoms with Crippen LogP contribution in [0.4, 0.5) is 4.79 Å². The molecule has 0 bridgehead atoms. The van der Waals surface area contributed by atoms with Gasteiger partial charge in [-0.2, -0.15) is 0 Å². The molecule has 1 heterocycles. The molecule has 1 unspecified atom stereocenters. The predicted molar refractivity (Wildman–Crippen MR) is 101 cm³/mol. The highest BCUT2D eigenvalue weighted by molar-refractivity contribution is 5.74. The lowest BCUT2D eigenvalue weighted by Gasteiger charge is -2.21. The topological polar surface area (TPSA) is 50.8 Å². The summed E-state index contributed by atoms with van der Waals surface area (Å²) >= 11 is 0. The molecule has 3 rings (SSSR count). The summed E-state index contributed by atoms with van der Waals surface area (Å²) in [6, 6.07) is 17.5. The van der Waals surface area contributed by atoms with Crippen LogP contribution in [-0.2, 0) is 11.3 Å². The number of ether oxygens (including phenoxy) is 2. The normalized spacial score (nSPS) is 17.4. The molecule has 1 aliphatic rings. The Morgan fingerprint density at radius 1 is 1.04 bits per heavy atom. The maximum Gasteiger partial charge on any atom is 0.317 e. The summed E-state index contributed by atoms with van der Waals surface area (Å²) in [5.74, 6) is 1.59. The summed E-state index contributed by atoms with van der Waals surface area (Å²) in [7, 11) is 1.74. The fourth-order valence-electron chi connectivity index (χ4n) is 3.09. The first kappa shape index (κ1) is 18.3. The maximum absolute atomic E-state index is 12.4. The van der Waals surface area contributed by atoms with E-state index in [0.29, 0.717) is 6.54 Å². The molecule has 2 aromatic carbocycles. The Hall–Kier alpha value is -2.53. The molecule has 1 saturated heterocycles. The smallest absolute Gasteiger partial charge is 0.317 e. The molecule has 1 atom stereocenters. The average molecular weight is 354 g/mol. The Labute approximate surface area is 154 Å². The second-order valence-corrected chi connectivity index (χ2v) is 6.49. The van der Waals surface area contributed by atoms with Crippen molar-refractivity contribution in [3.05, 3.63) is 60.2 Å². The number of benzene rings is 2. The second kappa shape index (κ2) is 9.25. The van der Waals surface area contributed by atoms with Crippen molar-refractivity contribution in [3.63, 3.8) is 0 Å². The lowest BCUT2D eigenvalue weighted by molar-refractivity contribution is 0.0906. The molecule has 2 amide bonds. The molecular weight excluding hydrogens is 328 g/mol. The van der Waals surface area contributed by atoms with E-state index in [2.05, 4.69) is 5.32 Å². The van der Waals surface area contributed by atoms with Crippen molar-refractivity contribution in [2.24, 2.45) is 0 Å². The summed E-state index contributed by atoms with van der Waals surface area (Å²) in [5, 5.41) is 3.00. The first-order valence-electron chi connectivity index (χ1n) is 9.12. The molecule has 1 aliphatic heterocycles. The van der Waals surface area contributed by atoms with Gasteiger partial charge in [0.2, 0.25) is 0 Å². The molecule has 0 aliphatic carbocycles. The standard InChI is InChI=1S/C21H26N2O3/c1-25-18-8-5-14-23(15-13-18)21(24)22-16-17-9-11-20(12-10-17)26-19-6-3-2-4-7-19/h2-4,6-7,9-12,18H,5,8,13-16H2,1H3,(H,22,24). The van der Waals surface area contributed by atoms with Crippen molar-refractivity contribution in [2.75, 3.05) is 20.2 Å². The molecule has 0 radical (unpaired) electrons. The van der Waals surface area contributed by atoms with Crippen LogP contribution in [0.2, 0.25) is 0 Å². The number of hydrogen-bond acceptors (Lipinski definition) is 3. The van der Waals surface area contributed by atoms with Gasteiger partial charge in [0.1, 0.15) is 11.5 Å². The van der Waals surface area contributed by atoms with Crippen molar-refractivity contribution in [3.8, 4) is 11.5 Å². The Bertz CT molecular complexity index is 688. The van der Waals surface area contributed by atoms with E-state index in [1.165, 1.54) is 0 Å². The molecule has 1 N–H and O–H groups in total. The Balaban J connectivity index is 1.47. The van der Waals surface area contributed by atoms with E-state index < -0.39 is 0 Å². The van der Waals surface area contributed by atoms with E-state index in [1.54, 1.807) is 7.11 Å². The third kappa shape index (κ3) is 5.23. The molecule has 5 nitrogen and oxygen atoms in total. The maximum atomic E-state index is 12.4. The van der Waals surface area contributed by atoms with Crippen LogP contribution < -0.4 is 10.1 Å². The molecule has 0 aromatic heterocycles. The fourth-order valence-corrected chi connectivity index (χ4v) is 3.09. The van der Waals surface area contributed by atoms with Crippen LogP contribution in [0.3, 0.4) is 0 Å². The monoisotopic (exact) mass is 354 g/mol. The number of likely N-dealkylation sites (tertiary alicyclic amines) is 1. The van der Waals surface area contributed by atoms with Gasteiger partial charge in [0.05, 0.1) is 6.10 Å². The Kier molecular flexibility index (Phi) is 6.50. The van der Waals surface area contributed by atoms with Gasteiger partial charge in [0, 0.05) is 26.7 Å². The zero-order chi connectivity index (χ0) is 18.2. The Morgan fingerprint density at radius 3 is 2.50 bits per heavy atom. The highest BCUT2D eigenvalue weighted by Gasteiger charge is 2.19. The number of urea groups is 1. The highest BCUT2D eigenvalue weighted by atomic mass is 16.5. The van der Waals surface area contributed by atoms with Crippen LogP contribution in [0, 0.1) is 0 Å². The zero-order valence-corrected chi connectivity index (χ0v) is 15.2. The number of carbonyl (C=O) groups excluding carboxylic acids is 1. The van der Waals surface area contributed by atoms with E-state index in [1.807, 2.05) is 59.5 Å². The number of carbonyl (C=O) groups is 1. The summed E-state index contributed by atoms with van der Waals surface area (Å²) in [5.41, 5.74) is 1.04. The minimum atomic E-state index is -0.00800. The van der Waals surface area contributed by atoms with E-state index in [-0.39, 0.29) is 12.1 Å². The summed E-state index contributed by atoms with van der Waals surface area (Å²) in [6.45, 7) is 2.04. The number of para-hydroxylation sites is 1.